The lowest BCUT2D eigenvalue weighted by Gasteiger charge is -2.11. The normalized spacial score (nSPS) is 11.8. The minimum atomic E-state index is 0.574. The molecule has 4 aromatic heterocycles. The predicted molar refractivity (Wildman–Crippen MR) is 211 cm³/mol. The van der Waals surface area contributed by atoms with Gasteiger partial charge in [-0.15, -0.1) is 0 Å². The number of furan rings is 1. The van der Waals surface area contributed by atoms with E-state index in [0.717, 1.165) is 49.7 Å². The van der Waals surface area contributed by atoms with E-state index in [0.29, 0.717) is 17.5 Å². The molecule has 6 nitrogen and oxygen atoms in total. The monoisotopic (exact) mass is 665 g/mol. The number of fused-ring (bicyclic) bond motifs is 9. The molecule has 0 N–H and O–H groups in total. The first-order valence-corrected chi connectivity index (χ1v) is 17.3. The predicted octanol–water partition coefficient (Wildman–Crippen LogP) is 11.6. The third kappa shape index (κ3) is 4.44. The minimum absolute atomic E-state index is 0.574. The Morgan fingerprint density at radius 1 is 0.404 bits per heavy atom. The van der Waals surface area contributed by atoms with Gasteiger partial charge in [-0.2, -0.15) is 0 Å². The molecule has 7 aromatic carbocycles. The van der Waals surface area contributed by atoms with Crippen LogP contribution in [0.5, 0.6) is 0 Å². The third-order valence-electron chi connectivity index (χ3n) is 10.1. The molecule has 6 heteroatoms. The van der Waals surface area contributed by atoms with E-state index < -0.39 is 0 Å². The highest BCUT2D eigenvalue weighted by molar-refractivity contribution is 6.10. The first kappa shape index (κ1) is 28.6. The first-order chi connectivity index (χ1) is 25.7. The van der Waals surface area contributed by atoms with Crippen molar-refractivity contribution in [2.45, 2.75) is 0 Å². The molecule has 0 unspecified atom stereocenters. The summed E-state index contributed by atoms with van der Waals surface area (Å²) in [5.74, 6) is 1.78. The van der Waals surface area contributed by atoms with Crippen molar-refractivity contribution in [3.8, 4) is 39.9 Å². The summed E-state index contributed by atoms with van der Waals surface area (Å²) in [7, 11) is 0. The summed E-state index contributed by atoms with van der Waals surface area (Å²) in [5.41, 5.74) is 7.58. The van der Waals surface area contributed by atoms with Crippen molar-refractivity contribution in [3.05, 3.63) is 164 Å². The van der Waals surface area contributed by atoms with Crippen LogP contribution in [0.4, 0.5) is 0 Å². The molecule has 0 saturated heterocycles. The van der Waals surface area contributed by atoms with Crippen LogP contribution in [0.2, 0.25) is 0 Å². The molecule has 242 valence electrons. The van der Waals surface area contributed by atoms with Crippen LogP contribution in [-0.2, 0) is 0 Å². The van der Waals surface area contributed by atoms with Gasteiger partial charge in [-0.1, -0.05) is 91.0 Å². The molecule has 52 heavy (non-hydrogen) atoms. The van der Waals surface area contributed by atoms with E-state index in [9.17, 15) is 0 Å². The van der Waals surface area contributed by atoms with Gasteiger partial charge in [0.05, 0.1) is 17.2 Å². The molecule has 0 fully saturated rings. The Labute approximate surface area is 297 Å². The highest BCUT2D eigenvalue weighted by Crippen LogP contribution is 2.35. The van der Waals surface area contributed by atoms with Crippen molar-refractivity contribution in [1.82, 2.24) is 24.5 Å². The highest BCUT2D eigenvalue weighted by atomic mass is 16.3. The molecular weight excluding hydrogens is 639 g/mol. The lowest BCUT2D eigenvalue weighted by Crippen LogP contribution is -2.00. The zero-order chi connectivity index (χ0) is 34.2. The maximum Gasteiger partial charge on any atom is 0.164 e. The number of nitrogens with zero attached hydrogens (tertiary/aromatic N) is 5. The van der Waals surface area contributed by atoms with Gasteiger partial charge >= 0.3 is 0 Å². The Morgan fingerprint density at radius 3 is 1.71 bits per heavy atom. The quantitative estimate of drug-likeness (QED) is 0.175. The number of pyridine rings is 1. The molecular formula is C46H27N5O. The molecule has 11 rings (SSSR count). The number of rotatable bonds is 4. The van der Waals surface area contributed by atoms with Gasteiger partial charge in [0, 0.05) is 50.1 Å². The van der Waals surface area contributed by atoms with Crippen molar-refractivity contribution >= 4 is 65.3 Å². The Kier molecular flexibility index (Phi) is 6.15. The molecule has 0 radical (unpaired) electrons. The van der Waals surface area contributed by atoms with E-state index >= 15 is 0 Å². The molecule has 0 aliphatic rings. The summed E-state index contributed by atoms with van der Waals surface area (Å²) in [6, 6.07) is 53.0. The topological polar surface area (TPSA) is 69.6 Å². The van der Waals surface area contributed by atoms with E-state index in [1.54, 1.807) is 12.4 Å². The van der Waals surface area contributed by atoms with Gasteiger partial charge in [-0.3, -0.25) is 4.98 Å². The van der Waals surface area contributed by atoms with Crippen molar-refractivity contribution in [1.29, 1.82) is 0 Å². The average Bonchev–Trinajstić information content (AvgIpc) is 3.76. The van der Waals surface area contributed by atoms with Gasteiger partial charge in [0.2, 0.25) is 0 Å². The van der Waals surface area contributed by atoms with Gasteiger partial charge in [0.15, 0.2) is 23.1 Å². The first-order valence-electron chi connectivity index (χ1n) is 17.3. The molecule has 11 aromatic rings. The van der Waals surface area contributed by atoms with Crippen LogP contribution in [0.1, 0.15) is 0 Å². The Balaban J connectivity index is 1.09. The molecule has 0 saturated carbocycles. The third-order valence-corrected chi connectivity index (χ3v) is 10.1. The number of hydrogen-bond acceptors (Lipinski definition) is 5. The fraction of sp³-hybridized carbons (Fsp3) is 0. The van der Waals surface area contributed by atoms with E-state index in [1.165, 1.54) is 38.0 Å². The van der Waals surface area contributed by atoms with Crippen LogP contribution in [0.25, 0.3) is 105 Å². The van der Waals surface area contributed by atoms with E-state index in [1.807, 2.05) is 12.1 Å². The highest BCUT2D eigenvalue weighted by Gasteiger charge is 2.17. The molecule has 0 bridgehead atoms. The van der Waals surface area contributed by atoms with Gasteiger partial charge < -0.3 is 8.98 Å². The molecule has 0 aliphatic carbocycles. The van der Waals surface area contributed by atoms with Crippen LogP contribution < -0.4 is 0 Å². The Bertz CT molecular complexity index is 3140. The number of hydrogen-bond donors (Lipinski definition) is 0. The second kappa shape index (κ2) is 11.2. The van der Waals surface area contributed by atoms with Crippen molar-refractivity contribution in [2.75, 3.05) is 0 Å². The summed E-state index contributed by atoms with van der Waals surface area (Å²) >= 11 is 0. The lowest BCUT2D eigenvalue weighted by molar-refractivity contribution is 0.667. The van der Waals surface area contributed by atoms with Gasteiger partial charge in [-0.05, 0) is 82.2 Å². The van der Waals surface area contributed by atoms with Crippen LogP contribution in [0.3, 0.4) is 0 Å². The van der Waals surface area contributed by atoms with Crippen LogP contribution in [0, 0.1) is 0 Å². The fourth-order valence-electron chi connectivity index (χ4n) is 7.64. The summed E-state index contributed by atoms with van der Waals surface area (Å²) in [4.78, 5) is 19.5. The largest absolute Gasteiger partial charge is 0.454 e. The van der Waals surface area contributed by atoms with Crippen LogP contribution in [-0.4, -0.2) is 24.5 Å². The summed E-state index contributed by atoms with van der Waals surface area (Å²) < 4.78 is 8.52. The molecule has 0 amide bonds. The molecule has 4 heterocycles. The standard InChI is InChI=1S/C46H27N5O/c1-2-8-34-28(7-1)13-14-29-15-16-31(25-39(29)34)45-48-44(49-46(50-45)32-19-22-37-38-23-24-47-27-43(38)52-42(37)26-32)30-17-20-33(21-18-30)51-40-11-5-3-9-35(40)36-10-4-6-12-41(36)51/h1-27H. The number of para-hydroxylation sites is 2. The van der Waals surface area contributed by atoms with Crippen molar-refractivity contribution in [3.63, 3.8) is 0 Å². The smallest absolute Gasteiger partial charge is 0.164 e. The zero-order valence-electron chi connectivity index (χ0n) is 27.7. The van der Waals surface area contributed by atoms with E-state index in [2.05, 4.69) is 149 Å². The number of benzene rings is 7. The molecule has 0 spiro atoms. The molecule has 0 aliphatic heterocycles. The maximum absolute atomic E-state index is 6.21. The zero-order valence-corrected chi connectivity index (χ0v) is 27.7. The van der Waals surface area contributed by atoms with Gasteiger partial charge in [0.25, 0.3) is 0 Å². The number of aromatic nitrogens is 5. The molecule has 0 atom stereocenters. The van der Waals surface area contributed by atoms with E-state index in [-0.39, 0.29) is 0 Å². The van der Waals surface area contributed by atoms with Gasteiger partial charge in [0.1, 0.15) is 5.58 Å². The SMILES string of the molecule is c1ccc2c(c1)ccc1ccc(-c3nc(-c4ccc(-n5c6ccccc6c6ccccc65)cc4)nc(-c4ccc5c(c4)oc4cnccc45)n3)cc12. The second-order valence-electron chi connectivity index (χ2n) is 13.1. The van der Waals surface area contributed by atoms with Gasteiger partial charge in [-0.25, -0.2) is 15.0 Å². The lowest BCUT2D eigenvalue weighted by atomic mass is 10.00. The van der Waals surface area contributed by atoms with Crippen LogP contribution >= 0.6 is 0 Å². The maximum atomic E-state index is 6.21. The van der Waals surface area contributed by atoms with Crippen LogP contribution in [0.15, 0.2) is 168 Å². The van der Waals surface area contributed by atoms with Crippen molar-refractivity contribution < 1.29 is 4.42 Å². The Morgan fingerprint density at radius 2 is 0.962 bits per heavy atom. The van der Waals surface area contributed by atoms with Crippen molar-refractivity contribution in [2.24, 2.45) is 0 Å². The summed E-state index contributed by atoms with van der Waals surface area (Å²) in [6.45, 7) is 0. The Hall–Kier alpha value is -7.18. The summed E-state index contributed by atoms with van der Waals surface area (Å²) in [5, 5.41) is 9.24. The second-order valence-corrected chi connectivity index (χ2v) is 13.1. The average molecular weight is 666 g/mol. The minimum Gasteiger partial charge on any atom is -0.454 e. The summed E-state index contributed by atoms with van der Waals surface area (Å²) in [6.07, 6.45) is 3.54. The fourth-order valence-corrected chi connectivity index (χ4v) is 7.64. The van der Waals surface area contributed by atoms with E-state index in [4.69, 9.17) is 19.4 Å².